The number of carbonyl (C=O) groups excluding carboxylic acids is 1. The molecule has 1 aromatic carbocycles. The van der Waals surface area contributed by atoms with E-state index in [0.717, 1.165) is 16.9 Å². The molecule has 0 saturated carbocycles. The van der Waals surface area contributed by atoms with E-state index in [0.29, 0.717) is 22.0 Å². The fourth-order valence-electron chi connectivity index (χ4n) is 2.04. The molecule has 0 unspecified atom stereocenters. The SMILES string of the molecule is COc1ccsc1-c1nn(-c2ccccc2Cl)cc1C=O. The fourth-order valence-corrected chi connectivity index (χ4v) is 3.13. The lowest BCUT2D eigenvalue weighted by Crippen LogP contribution is -1.95. The number of thiophene rings is 1. The minimum absolute atomic E-state index is 0.496. The Hall–Kier alpha value is -2.11. The van der Waals surface area contributed by atoms with Crippen LogP contribution in [0.4, 0.5) is 0 Å². The first-order chi connectivity index (χ1) is 10.2. The standard InChI is InChI=1S/C15H11ClN2O2S/c1-20-13-6-7-21-15(13)14-10(9-19)8-18(17-14)12-5-3-2-4-11(12)16/h2-9H,1H3. The largest absolute Gasteiger partial charge is 0.495 e. The van der Waals surface area contributed by atoms with E-state index in [9.17, 15) is 4.79 Å². The summed E-state index contributed by atoms with van der Waals surface area (Å²) in [5, 5.41) is 6.97. The van der Waals surface area contributed by atoms with E-state index in [4.69, 9.17) is 16.3 Å². The predicted octanol–water partition coefficient (Wildman–Crippen LogP) is 4.08. The third-order valence-electron chi connectivity index (χ3n) is 3.03. The Kier molecular flexibility index (Phi) is 3.77. The highest BCUT2D eigenvalue weighted by Gasteiger charge is 2.17. The van der Waals surface area contributed by atoms with Gasteiger partial charge >= 0.3 is 0 Å². The Bertz CT molecular complexity index is 795. The molecule has 2 heterocycles. The Morgan fingerprint density at radius 3 is 2.86 bits per heavy atom. The Balaban J connectivity index is 2.16. The summed E-state index contributed by atoms with van der Waals surface area (Å²) in [6, 6.07) is 9.20. The van der Waals surface area contributed by atoms with Crippen molar-refractivity contribution in [3.63, 3.8) is 0 Å². The van der Waals surface area contributed by atoms with Gasteiger partial charge in [-0.05, 0) is 23.6 Å². The zero-order valence-corrected chi connectivity index (χ0v) is 12.7. The van der Waals surface area contributed by atoms with E-state index < -0.39 is 0 Å². The van der Waals surface area contributed by atoms with Gasteiger partial charge in [0, 0.05) is 6.20 Å². The molecule has 0 atom stereocenters. The number of aromatic nitrogens is 2. The molecule has 0 spiro atoms. The van der Waals surface area contributed by atoms with Crippen LogP contribution in [0.15, 0.2) is 41.9 Å². The van der Waals surface area contributed by atoms with Gasteiger partial charge in [0.1, 0.15) is 11.4 Å². The van der Waals surface area contributed by atoms with Crippen LogP contribution in [0.2, 0.25) is 5.02 Å². The van der Waals surface area contributed by atoms with Crippen molar-refractivity contribution >= 4 is 29.2 Å². The van der Waals surface area contributed by atoms with E-state index in [2.05, 4.69) is 5.10 Å². The van der Waals surface area contributed by atoms with Crippen molar-refractivity contribution in [2.75, 3.05) is 7.11 Å². The first-order valence-corrected chi connectivity index (χ1v) is 7.42. The van der Waals surface area contributed by atoms with Crippen molar-refractivity contribution in [2.45, 2.75) is 0 Å². The third-order valence-corrected chi connectivity index (χ3v) is 4.25. The van der Waals surface area contributed by atoms with Crippen molar-refractivity contribution in [3.8, 4) is 22.0 Å². The van der Waals surface area contributed by atoms with Gasteiger partial charge in [-0.2, -0.15) is 5.10 Å². The van der Waals surface area contributed by atoms with Gasteiger partial charge in [-0.1, -0.05) is 23.7 Å². The minimum Gasteiger partial charge on any atom is -0.495 e. The van der Waals surface area contributed by atoms with Crippen LogP contribution in [0.3, 0.4) is 0 Å². The molecule has 6 heteroatoms. The van der Waals surface area contributed by atoms with Crippen LogP contribution in [-0.2, 0) is 0 Å². The highest BCUT2D eigenvalue weighted by atomic mass is 35.5. The average Bonchev–Trinajstić information content (AvgIpc) is 3.13. The van der Waals surface area contributed by atoms with Crippen LogP contribution in [0.25, 0.3) is 16.3 Å². The van der Waals surface area contributed by atoms with Crippen LogP contribution in [-0.4, -0.2) is 23.2 Å². The summed E-state index contributed by atoms with van der Waals surface area (Å²) in [6.45, 7) is 0. The van der Waals surface area contributed by atoms with E-state index in [1.165, 1.54) is 11.3 Å². The number of hydrogen-bond donors (Lipinski definition) is 0. The molecule has 0 aliphatic rings. The second-order valence-electron chi connectivity index (χ2n) is 4.26. The topological polar surface area (TPSA) is 44.1 Å². The predicted molar refractivity (Wildman–Crippen MR) is 83.8 cm³/mol. The zero-order chi connectivity index (χ0) is 14.8. The maximum absolute atomic E-state index is 11.3. The molecule has 21 heavy (non-hydrogen) atoms. The monoisotopic (exact) mass is 318 g/mol. The molecular weight excluding hydrogens is 308 g/mol. The van der Waals surface area contributed by atoms with Crippen molar-refractivity contribution in [2.24, 2.45) is 0 Å². The first kappa shape index (κ1) is 13.9. The quantitative estimate of drug-likeness (QED) is 0.681. The summed E-state index contributed by atoms with van der Waals surface area (Å²) < 4.78 is 6.91. The smallest absolute Gasteiger partial charge is 0.153 e. The number of benzene rings is 1. The normalized spacial score (nSPS) is 10.6. The van der Waals surface area contributed by atoms with Gasteiger partial charge in [0.05, 0.1) is 28.3 Å². The molecule has 2 aromatic heterocycles. The lowest BCUT2D eigenvalue weighted by Gasteiger charge is -2.03. The molecule has 0 fully saturated rings. The summed E-state index contributed by atoms with van der Waals surface area (Å²) in [6.07, 6.45) is 2.46. The highest BCUT2D eigenvalue weighted by molar-refractivity contribution is 7.14. The maximum Gasteiger partial charge on any atom is 0.153 e. The Morgan fingerprint density at radius 1 is 1.33 bits per heavy atom. The van der Waals surface area contributed by atoms with Crippen LogP contribution >= 0.6 is 22.9 Å². The Labute approximate surface area is 130 Å². The second-order valence-corrected chi connectivity index (χ2v) is 5.59. The molecule has 0 bridgehead atoms. The van der Waals surface area contributed by atoms with Crippen molar-refractivity contribution in [1.29, 1.82) is 0 Å². The van der Waals surface area contributed by atoms with Crippen LogP contribution in [0.5, 0.6) is 5.75 Å². The zero-order valence-electron chi connectivity index (χ0n) is 11.1. The molecule has 0 N–H and O–H groups in total. The van der Waals surface area contributed by atoms with Crippen molar-refractivity contribution in [1.82, 2.24) is 9.78 Å². The van der Waals surface area contributed by atoms with Crippen LogP contribution < -0.4 is 4.74 Å². The van der Waals surface area contributed by atoms with E-state index in [1.807, 2.05) is 29.6 Å². The maximum atomic E-state index is 11.3. The molecule has 106 valence electrons. The van der Waals surface area contributed by atoms with Gasteiger partial charge in [-0.3, -0.25) is 4.79 Å². The number of carbonyl (C=O) groups is 1. The fraction of sp³-hybridized carbons (Fsp3) is 0.0667. The molecule has 3 aromatic rings. The molecule has 3 rings (SSSR count). The average molecular weight is 319 g/mol. The van der Waals surface area contributed by atoms with Crippen LogP contribution in [0, 0.1) is 0 Å². The van der Waals surface area contributed by atoms with Gasteiger partial charge in [-0.25, -0.2) is 4.68 Å². The number of rotatable bonds is 4. The lowest BCUT2D eigenvalue weighted by atomic mass is 10.2. The second kappa shape index (κ2) is 5.71. The van der Waals surface area contributed by atoms with E-state index in [1.54, 1.807) is 24.1 Å². The summed E-state index contributed by atoms with van der Waals surface area (Å²) >= 11 is 7.65. The molecule has 4 nitrogen and oxygen atoms in total. The highest BCUT2D eigenvalue weighted by Crippen LogP contribution is 2.36. The van der Waals surface area contributed by atoms with Crippen LogP contribution in [0.1, 0.15) is 10.4 Å². The molecule has 0 saturated heterocycles. The van der Waals surface area contributed by atoms with Gasteiger partial charge in [-0.15, -0.1) is 11.3 Å². The number of ether oxygens (including phenoxy) is 1. The third kappa shape index (κ3) is 2.46. The minimum atomic E-state index is 0.496. The number of halogens is 1. The van der Waals surface area contributed by atoms with Gasteiger partial charge in [0.2, 0.25) is 0 Å². The van der Waals surface area contributed by atoms with Gasteiger partial charge in [0.25, 0.3) is 0 Å². The van der Waals surface area contributed by atoms with Gasteiger partial charge < -0.3 is 4.74 Å². The number of methoxy groups -OCH3 is 1. The summed E-state index contributed by atoms with van der Waals surface area (Å²) in [5.41, 5.74) is 1.82. The first-order valence-electron chi connectivity index (χ1n) is 6.16. The number of hydrogen-bond acceptors (Lipinski definition) is 4. The molecular formula is C15H11ClN2O2S. The summed E-state index contributed by atoms with van der Waals surface area (Å²) in [4.78, 5) is 12.2. The summed E-state index contributed by atoms with van der Waals surface area (Å²) in [5.74, 6) is 0.701. The van der Waals surface area contributed by atoms with Crippen molar-refractivity contribution in [3.05, 3.63) is 52.5 Å². The molecule has 0 amide bonds. The number of para-hydroxylation sites is 1. The number of nitrogens with zero attached hydrogens (tertiary/aromatic N) is 2. The van der Waals surface area contributed by atoms with Gasteiger partial charge in [0.15, 0.2) is 6.29 Å². The van der Waals surface area contributed by atoms with Crippen molar-refractivity contribution < 1.29 is 9.53 Å². The van der Waals surface area contributed by atoms with E-state index in [-0.39, 0.29) is 0 Å². The molecule has 0 radical (unpaired) electrons. The molecule has 0 aliphatic heterocycles. The summed E-state index contributed by atoms with van der Waals surface area (Å²) in [7, 11) is 1.59. The number of aldehydes is 1. The Morgan fingerprint density at radius 2 is 2.14 bits per heavy atom. The lowest BCUT2D eigenvalue weighted by molar-refractivity contribution is 0.112. The molecule has 0 aliphatic carbocycles. The van der Waals surface area contributed by atoms with E-state index >= 15 is 0 Å².